The number of aryl methyl sites for hydroxylation is 1. The smallest absolute Gasteiger partial charge is 0.345 e. The van der Waals surface area contributed by atoms with Crippen LogP contribution in [0.4, 0.5) is 26.3 Å². The molecule has 2 aromatic rings. The first-order valence-corrected chi connectivity index (χ1v) is 11.3. The van der Waals surface area contributed by atoms with Crippen molar-refractivity contribution >= 4 is 35.6 Å². The molecule has 0 aromatic heterocycles. The summed E-state index contributed by atoms with van der Waals surface area (Å²) in [6.45, 7) is 6.64. The predicted octanol–water partition coefficient (Wildman–Crippen LogP) is 6.76. The number of rotatable bonds is 8. The summed E-state index contributed by atoms with van der Waals surface area (Å²) in [5.74, 6) is -3.73. The Labute approximate surface area is 215 Å². The Hall–Kier alpha value is -3.27. The van der Waals surface area contributed by atoms with Gasteiger partial charge in [0.1, 0.15) is 12.6 Å². The molecule has 2 rings (SSSR count). The van der Waals surface area contributed by atoms with Crippen molar-refractivity contribution in [2.75, 3.05) is 6.54 Å². The van der Waals surface area contributed by atoms with Crippen LogP contribution in [0.15, 0.2) is 43.0 Å². The lowest BCUT2D eigenvalue weighted by molar-refractivity contribution is -0.139. The van der Waals surface area contributed by atoms with Gasteiger partial charge in [-0.25, -0.2) is 0 Å². The van der Waals surface area contributed by atoms with E-state index in [9.17, 15) is 35.9 Å². The second-order valence-corrected chi connectivity index (χ2v) is 8.81. The average molecular weight is 547 g/mol. The molecule has 37 heavy (non-hydrogen) atoms. The summed E-state index contributed by atoms with van der Waals surface area (Å²) in [6, 6.07) is 5.58. The lowest BCUT2D eigenvalue weighted by Crippen LogP contribution is -2.47. The van der Waals surface area contributed by atoms with E-state index >= 15 is 0 Å². The van der Waals surface area contributed by atoms with Gasteiger partial charge in [0.05, 0.1) is 5.92 Å². The molecule has 0 radical (unpaired) electrons. The third kappa shape index (κ3) is 8.38. The zero-order valence-corrected chi connectivity index (χ0v) is 20.9. The number of amides is 2. The highest BCUT2D eigenvalue weighted by molar-refractivity contribution is 6.31. The molecule has 0 aliphatic heterocycles. The van der Waals surface area contributed by atoms with Crippen LogP contribution in [0.2, 0.25) is 5.02 Å². The van der Waals surface area contributed by atoms with Crippen molar-refractivity contribution in [2.45, 2.75) is 45.1 Å². The molecule has 11 heteroatoms. The summed E-state index contributed by atoms with van der Waals surface area (Å²) in [7, 11) is 0. The summed E-state index contributed by atoms with van der Waals surface area (Å²) in [5, 5.41) is 4.18. The van der Waals surface area contributed by atoms with Crippen LogP contribution in [0, 0.1) is 13.8 Å². The Morgan fingerprint density at radius 2 is 1.73 bits per heavy atom. The van der Waals surface area contributed by atoms with Gasteiger partial charge in [0.25, 0.3) is 5.91 Å². The van der Waals surface area contributed by atoms with Crippen molar-refractivity contribution in [3.8, 4) is 0 Å². The summed E-state index contributed by atoms with van der Waals surface area (Å²) in [6.07, 6.45) is -5.66. The SMILES string of the molecule is C=Cc1cc(/C=C/C(c2cc(C)c(C)c(Cl)c2)C(F)(F)F)ccc1C(=O)N[C@H](C)C(=O)NCC(F)(F)F. The van der Waals surface area contributed by atoms with Crippen LogP contribution in [-0.2, 0) is 4.79 Å². The molecule has 4 nitrogen and oxygen atoms in total. The van der Waals surface area contributed by atoms with Crippen LogP contribution in [0.1, 0.15) is 51.0 Å². The maximum Gasteiger partial charge on any atom is 0.405 e. The minimum atomic E-state index is -4.60. The number of halogens is 7. The molecule has 0 saturated carbocycles. The monoisotopic (exact) mass is 546 g/mol. The van der Waals surface area contributed by atoms with Gasteiger partial charge in [-0.2, -0.15) is 26.3 Å². The van der Waals surface area contributed by atoms with Gasteiger partial charge in [0, 0.05) is 10.6 Å². The molecular formula is C26H25ClF6N2O2. The highest BCUT2D eigenvalue weighted by Crippen LogP contribution is 2.38. The summed E-state index contributed by atoms with van der Waals surface area (Å²) in [5.41, 5.74) is 1.92. The topological polar surface area (TPSA) is 58.2 Å². The van der Waals surface area contributed by atoms with Gasteiger partial charge in [-0.1, -0.05) is 48.5 Å². The number of carbonyl (C=O) groups excluding carboxylic acids is 2. The van der Waals surface area contributed by atoms with Crippen molar-refractivity contribution in [1.82, 2.24) is 10.6 Å². The van der Waals surface area contributed by atoms with Gasteiger partial charge in [0.2, 0.25) is 5.91 Å². The van der Waals surface area contributed by atoms with Gasteiger partial charge in [-0.05, 0) is 66.8 Å². The van der Waals surface area contributed by atoms with Gasteiger partial charge in [-0.15, -0.1) is 0 Å². The van der Waals surface area contributed by atoms with E-state index in [1.807, 2.05) is 0 Å². The Morgan fingerprint density at radius 1 is 1.08 bits per heavy atom. The molecule has 2 aromatic carbocycles. The first-order chi connectivity index (χ1) is 17.0. The second kappa shape index (κ2) is 11.9. The van der Waals surface area contributed by atoms with Gasteiger partial charge in [0.15, 0.2) is 0 Å². The molecule has 0 aliphatic rings. The summed E-state index contributed by atoms with van der Waals surface area (Å²) >= 11 is 6.09. The number of allylic oxidation sites excluding steroid dienone is 1. The van der Waals surface area contributed by atoms with Crippen molar-refractivity contribution in [3.63, 3.8) is 0 Å². The molecule has 2 N–H and O–H groups in total. The maximum absolute atomic E-state index is 13.8. The molecule has 0 heterocycles. The number of hydrogen-bond donors (Lipinski definition) is 2. The lowest BCUT2D eigenvalue weighted by Gasteiger charge is -2.19. The third-order valence-electron chi connectivity index (χ3n) is 5.56. The fourth-order valence-electron chi connectivity index (χ4n) is 3.38. The maximum atomic E-state index is 13.8. The standard InChI is InChI=1S/C26H25ClF6N2O2/c1-5-18-11-17(6-8-20(18)24(37)35-16(4)23(36)34-13-25(28,29)30)7-9-21(26(31,32)33)19-10-14(2)15(3)22(27)12-19/h5-12,16,21H,1,13H2,2-4H3,(H,34,36)(H,35,37)/b9-7+/t16-,21?/m1/s1. The van der Waals surface area contributed by atoms with Crippen molar-refractivity contribution in [3.05, 3.63) is 81.4 Å². The Morgan fingerprint density at radius 3 is 2.27 bits per heavy atom. The molecule has 0 spiro atoms. The van der Waals surface area contributed by atoms with E-state index in [0.29, 0.717) is 16.7 Å². The van der Waals surface area contributed by atoms with Gasteiger partial charge < -0.3 is 10.6 Å². The minimum absolute atomic E-state index is 0.0189. The zero-order valence-electron chi connectivity index (χ0n) is 20.1. The van der Waals surface area contributed by atoms with Crippen LogP contribution in [0.5, 0.6) is 0 Å². The number of benzene rings is 2. The van der Waals surface area contributed by atoms with Crippen LogP contribution in [0.25, 0.3) is 12.2 Å². The number of alkyl halides is 6. The van der Waals surface area contributed by atoms with Crippen LogP contribution < -0.4 is 10.6 Å². The molecule has 1 unspecified atom stereocenters. The largest absolute Gasteiger partial charge is 0.405 e. The molecule has 0 fully saturated rings. The average Bonchev–Trinajstić information content (AvgIpc) is 2.79. The third-order valence-corrected chi connectivity index (χ3v) is 5.96. The van der Waals surface area contributed by atoms with E-state index in [-0.39, 0.29) is 21.7 Å². The van der Waals surface area contributed by atoms with Crippen molar-refractivity contribution in [1.29, 1.82) is 0 Å². The van der Waals surface area contributed by atoms with E-state index in [1.54, 1.807) is 19.2 Å². The summed E-state index contributed by atoms with van der Waals surface area (Å²) in [4.78, 5) is 24.4. The fourth-order valence-corrected chi connectivity index (χ4v) is 3.65. The Bertz CT molecular complexity index is 1180. The van der Waals surface area contributed by atoms with E-state index in [1.165, 1.54) is 49.4 Å². The fraction of sp³-hybridized carbons (Fsp3) is 0.308. The van der Waals surface area contributed by atoms with Gasteiger partial charge in [-0.3, -0.25) is 9.59 Å². The summed E-state index contributed by atoms with van der Waals surface area (Å²) < 4.78 is 78.4. The molecule has 0 bridgehead atoms. The molecular weight excluding hydrogens is 522 g/mol. The Balaban J connectivity index is 2.26. The molecule has 2 amide bonds. The quantitative estimate of drug-likeness (QED) is 0.360. The number of nitrogens with one attached hydrogen (secondary N) is 2. The second-order valence-electron chi connectivity index (χ2n) is 8.40. The van der Waals surface area contributed by atoms with E-state index in [4.69, 9.17) is 11.6 Å². The molecule has 0 saturated heterocycles. The van der Waals surface area contributed by atoms with E-state index < -0.39 is 42.7 Å². The van der Waals surface area contributed by atoms with E-state index in [2.05, 4.69) is 11.9 Å². The number of hydrogen-bond acceptors (Lipinski definition) is 2. The van der Waals surface area contributed by atoms with Crippen LogP contribution in [0.3, 0.4) is 0 Å². The molecule has 200 valence electrons. The molecule has 2 atom stereocenters. The highest BCUT2D eigenvalue weighted by atomic mass is 35.5. The first kappa shape index (κ1) is 30.0. The predicted molar refractivity (Wildman–Crippen MR) is 131 cm³/mol. The van der Waals surface area contributed by atoms with Crippen LogP contribution in [-0.4, -0.2) is 36.8 Å². The zero-order chi connectivity index (χ0) is 28.1. The number of carbonyl (C=O) groups is 2. The first-order valence-electron chi connectivity index (χ1n) is 11.0. The highest BCUT2D eigenvalue weighted by Gasteiger charge is 2.39. The van der Waals surface area contributed by atoms with Gasteiger partial charge >= 0.3 is 12.4 Å². The minimum Gasteiger partial charge on any atom is -0.345 e. The van der Waals surface area contributed by atoms with Crippen molar-refractivity contribution in [2.24, 2.45) is 0 Å². The van der Waals surface area contributed by atoms with Crippen LogP contribution >= 0.6 is 11.6 Å². The molecule has 0 aliphatic carbocycles. The van der Waals surface area contributed by atoms with Crippen molar-refractivity contribution < 1.29 is 35.9 Å². The normalized spacial score (nSPS) is 13.8. The van der Waals surface area contributed by atoms with E-state index in [0.717, 1.165) is 6.08 Å². The lowest BCUT2D eigenvalue weighted by atomic mass is 9.93. The Kier molecular flexibility index (Phi) is 9.60.